The van der Waals surface area contributed by atoms with Gasteiger partial charge in [0.25, 0.3) is 0 Å². The highest BCUT2D eigenvalue weighted by molar-refractivity contribution is 7.99. The molecule has 1 atom stereocenters. The van der Waals surface area contributed by atoms with E-state index in [9.17, 15) is 9.59 Å². The summed E-state index contributed by atoms with van der Waals surface area (Å²) < 4.78 is 0. The molecule has 1 amide bonds. The average molecular weight is 161 g/mol. The predicted octanol–water partition coefficient (Wildman–Crippen LogP) is 0.0399. The van der Waals surface area contributed by atoms with Crippen molar-refractivity contribution in [2.24, 2.45) is 11.7 Å². The van der Waals surface area contributed by atoms with Crippen molar-refractivity contribution in [1.29, 1.82) is 0 Å². The standard InChI is InChI=1S/C6H11NO2S/c1-5(2-8)3-10-4-6(7)9/h2,5H,3-4H2,1H3,(H2,7,9). The van der Waals surface area contributed by atoms with Crippen LogP contribution in [0.1, 0.15) is 6.92 Å². The topological polar surface area (TPSA) is 60.2 Å². The van der Waals surface area contributed by atoms with Crippen molar-refractivity contribution >= 4 is 24.0 Å². The third-order valence-corrected chi connectivity index (χ3v) is 2.11. The van der Waals surface area contributed by atoms with Gasteiger partial charge in [0.05, 0.1) is 5.75 Å². The Hall–Kier alpha value is -0.510. The second-order valence-corrected chi connectivity index (χ2v) is 3.13. The maximum Gasteiger partial charge on any atom is 0.227 e. The smallest absolute Gasteiger partial charge is 0.227 e. The third-order valence-electron chi connectivity index (χ3n) is 0.857. The van der Waals surface area contributed by atoms with Gasteiger partial charge in [-0.25, -0.2) is 0 Å². The van der Waals surface area contributed by atoms with Crippen molar-refractivity contribution in [3.05, 3.63) is 0 Å². The van der Waals surface area contributed by atoms with Gasteiger partial charge < -0.3 is 10.5 Å². The first-order chi connectivity index (χ1) is 4.66. The van der Waals surface area contributed by atoms with Crippen LogP contribution < -0.4 is 5.73 Å². The lowest BCUT2D eigenvalue weighted by atomic mass is 10.3. The van der Waals surface area contributed by atoms with E-state index in [1.54, 1.807) is 6.92 Å². The Morgan fingerprint density at radius 1 is 1.80 bits per heavy atom. The first kappa shape index (κ1) is 9.49. The van der Waals surface area contributed by atoms with Crippen LogP contribution in [0, 0.1) is 5.92 Å². The molecular weight excluding hydrogens is 150 g/mol. The lowest BCUT2D eigenvalue weighted by Gasteiger charge is -1.99. The van der Waals surface area contributed by atoms with Gasteiger partial charge in [0.1, 0.15) is 6.29 Å². The summed E-state index contributed by atoms with van der Waals surface area (Å²) in [6, 6.07) is 0. The van der Waals surface area contributed by atoms with E-state index in [0.29, 0.717) is 11.5 Å². The van der Waals surface area contributed by atoms with Crippen LogP contribution in [-0.4, -0.2) is 23.7 Å². The Kier molecular flexibility index (Phi) is 5.02. The molecule has 0 saturated heterocycles. The zero-order valence-corrected chi connectivity index (χ0v) is 6.69. The Balaban J connectivity index is 3.19. The van der Waals surface area contributed by atoms with Crippen LogP contribution in [0.5, 0.6) is 0 Å². The zero-order valence-electron chi connectivity index (χ0n) is 5.87. The molecule has 0 heterocycles. The summed E-state index contributed by atoms with van der Waals surface area (Å²) in [5.74, 6) is 0.664. The van der Waals surface area contributed by atoms with Crippen molar-refractivity contribution in [3.63, 3.8) is 0 Å². The van der Waals surface area contributed by atoms with E-state index in [1.807, 2.05) is 0 Å². The molecule has 4 heteroatoms. The Morgan fingerprint density at radius 3 is 2.80 bits per heavy atom. The fourth-order valence-corrected chi connectivity index (χ4v) is 1.15. The van der Waals surface area contributed by atoms with Gasteiger partial charge in [0, 0.05) is 11.7 Å². The molecule has 0 aliphatic heterocycles. The molecule has 1 unspecified atom stereocenters. The van der Waals surface area contributed by atoms with Gasteiger partial charge in [0.15, 0.2) is 0 Å². The third kappa shape index (κ3) is 5.62. The number of amides is 1. The van der Waals surface area contributed by atoms with Crippen molar-refractivity contribution in [3.8, 4) is 0 Å². The summed E-state index contributed by atoms with van der Waals surface area (Å²) in [7, 11) is 0. The second kappa shape index (κ2) is 5.29. The molecule has 3 nitrogen and oxygen atoms in total. The van der Waals surface area contributed by atoms with Crippen LogP contribution in [0.3, 0.4) is 0 Å². The number of nitrogens with two attached hydrogens (primary N) is 1. The van der Waals surface area contributed by atoms with Gasteiger partial charge in [-0.15, -0.1) is 0 Å². The first-order valence-corrected chi connectivity index (χ1v) is 4.13. The summed E-state index contributed by atoms with van der Waals surface area (Å²) in [6.45, 7) is 1.81. The number of rotatable bonds is 5. The number of carbonyl (C=O) groups excluding carboxylic acids is 2. The maximum atomic E-state index is 10.2. The number of carbonyl (C=O) groups is 2. The van der Waals surface area contributed by atoms with Crippen LogP contribution in [0.25, 0.3) is 0 Å². The molecule has 0 aliphatic rings. The van der Waals surface area contributed by atoms with E-state index in [-0.39, 0.29) is 11.8 Å². The van der Waals surface area contributed by atoms with Crippen molar-refractivity contribution in [1.82, 2.24) is 0 Å². The number of thioether (sulfide) groups is 1. The summed E-state index contributed by atoms with van der Waals surface area (Å²) in [5.41, 5.74) is 4.87. The SMILES string of the molecule is CC(C=O)CSCC(N)=O. The van der Waals surface area contributed by atoms with E-state index in [4.69, 9.17) is 5.73 Å². The molecule has 58 valence electrons. The molecule has 0 fully saturated rings. The summed E-state index contributed by atoms with van der Waals surface area (Å²) in [4.78, 5) is 20.2. The van der Waals surface area contributed by atoms with Crippen molar-refractivity contribution in [2.45, 2.75) is 6.92 Å². The molecule has 0 spiro atoms. The number of aldehydes is 1. The zero-order chi connectivity index (χ0) is 7.98. The van der Waals surface area contributed by atoms with Crippen LogP contribution in [-0.2, 0) is 9.59 Å². The molecule has 0 aromatic carbocycles. The highest BCUT2D eigenvalue weighted by Gasteiger charge is 2.00. The van der Waals surface area contributed by atoms with E-state index >= 15 is 0 Å². The van der Waals surface area contributed by atoms with Crippen LogP contribution in [0.2, 0.25) is 0 Å². The lowest BCUT2D eigenvalue weighted by molar-refractivity contribution is -0.115. The highest BCUT2D eigenvalue weighted by Crippen LogP contribution is 2.04. The number of hydrogen-bond donors (Lipinski definition) is 1. The molecular formula is C6H11NO2S. The minimum absolute atomic E-state index is 0.0179. The first-order valence-electron chi connectivity index (χ1n) is 2.98. The van der Waals surface area contributed by atoms with E-state index in [1.165, 1.54) is 11.8 Å². The van der Waals surface area contributed by atoms with Gasteiger partial charge >= 0.3 is 0 Å². The lowest BCUT2D eigenvalue weighted by Crippen LogP contribution is -2.14. The van der Waals surface area contributed by atoms with Gasteiger partial charge in [-0.3, -0.25) is 4.79 Å². The van der Waals surface area contributed by atoms with Gasteiger partial charge in [-0.1, -0.05) is 6.92 Å². The fraction of sp³-hybridized carbons (Fsp3) is 0.667. The van der Waals surface area contributed by atoms with Crippen LogP contribution in [0.15, 0.2) is 0 Å². The molecule has 0 bridgehead atoms. The molecule has 0 aromatic rings. The largest absolute Gasteiger partial charge is 0.369 e. The Morgan fingerprint density at radius 2 is 2.40 bits per heavy atom. The minimum atomic E-state index is -0.330. The maximum absolute atomic E-state index is 10.2. The van der Waals surface area contributed by atoms with Crippen molar-refractivity contribution in [2.75, 3.05) is 11.5 Å². The van der Waals surface area contributed by atoms with Crippen LogP contribution >= 0.6 is 11.8 Å². The second-order valence-electron chi connectivity index (χ2n) is 2.09. The van der Waals surface area contributed by atoms with E-state index < -0.39 is 0 Å². The van der Waals surface area contributed by atoms with Crippen LogP contribution in [0.4, 0.5) is 0 Å². The molecule has 0 rings (SSSR count). The highest BCUT2D eigenvalue weighted by atomic mass is 32.2. The Labute approximate surface area is 64.4 Å². The van der Waals surface area contributed by atoms with E-state index in [2.05, 4.69) is 0 Å². The molecule has 0 saturated carbocycles. The Bertz CT molecular complexity index is 127. The van der Waals surface area contributed by atoms with E-state index in [0.717, 1.165) is 6.29 Å². The quantitative estimate of drug-likeness (QED) is 0.579. The average Bonchev–Trinajstić information content (AvgIpc) is 1.87. The normalized spacial score (nSPS) is 12.5. The summed E-state index contributed by atoms with van der Waals surface area (Å²) in [6.07, 6.45) is 0.869. The predicted molar refractivity (Wildman–Crippen MR) is 41.7 cm³/mol. The van der Waals surface area contributed by atoms with Gasteiger partial charge in [-0.2, -0.15) is 11.8 Å². The van der Waals surface area contributed by atoms with Gasteiger partial charge in [-0.05, 0) is 0 Å². The summed E-state index contributed by atoms with van der Waals surface area (Å²) >= 11 is 1.39. The number of primary amides is 1. The molecule has 0 aliphatic carbocycles. The number of hydrogen-bond acceptors (Lipinski definition) is 3. The molecule has 2 N–H and O–H groups in total. The monoisotopic (exact) mass is 161 g/mol. The van der Waals surface area contributed by atoms with Crippen molar-refractivity contribution < 1.29 is 9.59 Å². The van der Waals surface area contributed by atoms with Gasteiger partial charge in [0.2, 0.25) is 5.91 Å². The molecule has 0 aromatic heterocycles. The molecule has 10 heavy (non-hydrogen) atoms. The minimum Gasteiger partial charge on any atom is -0.369 e. The summed E-state index contributed by atoms with van der Waals surface area (Å²) in [5, 5.41) is 0. The fourth-order valence-electron chi connectivity index (χ4n) is 0.385. The molecule has 0 radical (unpaired) electrons.